The van der Waals surface area contributed by atoms with Crippen molar-refractivity contribution < 1.29 is 9.26 Å². The molecule has 0 saturated heterocycles. The second-order valence-electron chi connectivity index (χ2n) is 2.70. The van der Waals surface area contributed by atoms with Gasteiger partial charge in [0.1, 0.15) is 5.76 Å². The molecular weight excluding hydrogens is 202 g/mol. The molecule has 5 nitrogen and oxygen atoms in total. The van der Waals surface area contributed by atoms with E-state index in [4.69, 9.17) is 21.5 Å². The Morgan fingerprint density at radius 2 is 2.50 bits per heavy atom. The Morgan fingerprint density at radius 3 is 3.07 bits per heavy atom. The Hall–Kier alpha value is -1.14. The first-order valence-corrected chi connectivity index (χ1v) is 4.60. The van der Waals surface area contributed by atoms with Crippen LogP contribution < -0.4 is 10.6 Å². The van der Waals surface area contributed by atoms with Crippen molar-refractivity contribution in [1.29, 1.82) is 0 Å². The van der Waals surface area contributed by atoms with E-state index in [1.165, 1.54) is 0 Å². The summed E-state index contributed by atoms with van der Waals surface area (Å²) in [5, 5.41) is 10.1. The van der Waals surface area contributed by atoms with Gasteiger partial charge in [-0.15, -0.1) is 0 Å². The zero-order valence-electron chi connectivity index (χ0n) is 8.16. The molecule has 0 saturated carbocycles. The largest absolute Gasteiger partial charge is 0.383 e. The molecule has 0 spiro atoms. The van der Waals surface area contributed by atoms with E-state index in [0.717, 1.165) is 5.76 Å². The fourth-order valence-electron chi connectivity index (χ4n) is 0.852. The number of thiocarbonyl (C=S) groups is 1. The van der Waals surface area contributed by atoms with Gasteiger partial charge in [0, 0.05) is 19.7 Å². The van der Waals surface area contributed by atoms with Gasteiger partial charge in [0.05, 0.1) is 6.61 Å². The van der Waals surface area contributed by atoms with Gasteiger partial charge in [0.15, 0.2) is 10.9 Å². The van der Waals surface area contributed by atoms with E-state index in [2.05, 4.69) is 15.8 Å². The molecule has 78 valence electrons. The van der Waals surface area contributed by atoms with E-state index in [-0.39, 0.29) is 0 Å². The van der Waals surface area contributed by atoms with Crippen molar-refractivity contribution in [2.24, 2.45) is 0 Å². The van der Waals surface area contributed by atoms with E-state index in [1.54, 1.807) is 13.2 Å². The van der Waals surface area contributed by atoms with Crippen LogP contribution in [0, 0.1) is 6.92 Å². The van der Waals surface area contributed by atoms with Gasteiger partial charge in [0.2, 0.25) is 0 Å². The number of aromatic nitrogens is 1. The van der Waals surface area contributed by atoms with Crippen LogP contribution in [-0.4, -0.2) is 30.5 Å². The zero-order chi connectivity index (χ0) is 10.4. The lowest BCUT2D eigenvalue weighted by atomic mass is 10.5. The maximum absolute atomic E-state index is 5.00. The lowest BCUT2D eigenvalue weighted by Crippen LogP contribution is -2.31. The third-order valence-electron chi connectivity index (χ3n) is 1.46. The lowest BCUT2D eigenvalue weighted by molar-refractivity contribution is 0.204. The molecule has 1 rings (SSSR count). The van der Waals surface area contributed by atoms with Crippen molar-refractivity contribution in [2.45, 2.75) is 6.92 Å². The summed E-state index contributed by atoms with van der Waals surface area (Å²) in [7, 11) is 1.64. The van der Waals surface area contributed by atoms with Gasteiger partial charge in [-0.2, -0.15) is 0 Å². The highest BCUT2D eigenvalue weighted by molar-refractivity contribution is 7.80. The van der Waals surface area contributed by atoms with E-state index in [0.29, 0.717) is 24.1 Å². The van der Waals surface area contributed by atoms with Gasteiger partial charge >= 0.3 is 0 Å². The molecule has 0 aliphatic carbocycles. The number of hydrogen-bond donors (Lipinski definition) is 2. The van der Waals surface area contributed by atoms with E-state index < -0.39 is 0 Å². The van der Waals surface area contributed by atoms with Crippen LogP contribution in [0.1, 0.15) is 5.76 Å². The first-order valence-electron chi connectivity index (χ1n) is 4.19. The molecular formula is C8H13N3O2S. The third kappa shape index (κ3) is 3.71. The molecule has 0 bridgehead atoms. The highest BCUT2D eigenvalue weighted by atomic mass is 32.1. The lowest BCUT2D eigenvalue weighted by Gasteiger charge is -2.06. The van der Waals surface area contributed by atoms with Gasteiger partial charge in [-0.1, -0.05) is 5.16 Å². The monoisotopic (exact) mass is 215 g/mol. The minimum absolute atomic E-state index is 0.510. The Balaban J connectivity index is 2.27. The number of nitrogens with zero attached hydrogens (tertiary/aromatic N) is 1. The number of anilines is 1. The molecule has 1 aromatic rings. The van der Waals surface area contributed by atoms with E-state index >= 15 is 0 Å². The van der Waals surface area contributed by atoms with Crippen LogP contribution in [-0.2, 0) is 4.74 Å². The van der Waals surface area contributed by atoms with Gasteiger partial charge in [-0.05, 0) is 19.1 Å². The molecule has 14 heavy (non-hydrogen) atoms. The normalized spacial score (nSPS) is 9.86. The van der Waals surface area contributed by atoms with Crippen molar-refractivity contribution >= 4 is 23.1 Å². The molecule has 0 amide bonds. The summed E-state index contributed by atoms with van der Waals surface area (Å²) in [6, 6.07) is 1.77. The summed E-state index contributed by atoms with van der Waals surface area (Å²) in [6.45, 7) is 3.10. The van der Waals surface area contributed by atoms with Crippen molar-refractivity contribution in [3.05, 3.63) is 11.8 Å². The molecule has 1 heterocycles. The second-order valence-corrected chi connectivity index (χ2v) is 3.10. The van der Waals surface area contributed by atoms with Gasteiger partial charge in [-0.3, -0.25) is 0 Å². The first kappa shape index (κ1) is 10.9. The Bertz CT molecular complexity index is 301. The van der Waals surface area contributed by atoms with Crippen molar-refractivity contribution in [3.8, 4) is 0 Å². The van der Waals surface area contributed by atoms with Crippen LogP contribution in [0.3, 0.4) is 0 Å². The second kappa shape index (κ2) is 5.56. The number of hydrogen-bond acceptors (Lipinski definition) is 4. The molecule has 0 aliphatic heterocycles. The standard InChI is InChI=1S/C8H13N3O2S/c1-6-5-7(11-13-6)10-8(14)9-3-4-12-2/h5H,3-4H2,1-2H3,(H2,9,10,11,14). The molecule has 0 aliphatic rings. The predicted octanol–water partition coefficient (Wildman–Crippen LogP) is 0.916. The van der Waals surface area contributed by atoms with E-state index in [1.807, 2.05) is 6.92 Å². The number of nitrogens with one attached hydrogen (secondary N) is 2. The zero-order valence-corrected chi connectivity index (χ0v) is 8.98. The maximum Gasteiger partial charge on any atom is 0.175 e. The molecule has 0 radical (unpaired) electrons. The summed E-state index contributed by atoms with van der Waals surface area (Å²) in [6.07, 6.45) is 0. The van der Waals surface area contributed by atoms with Crippen LogP contribution in [0.5, 0.6) is 0 Å². The Morgan fingerprint density at radius 1 is 1.71 bits per heavy atom. The molecule has 2 N–H and O–H groups in total. The summed E-state index contributed by atoms with van der Waals surface area (Å²) < 4.78 is 9.73. The van der Waals surface area contributed by atoms with Crippen LogP contribution in [0.4, 0.5) is 5.82 Å². The number of methoxy groups -OCH3 is 1. The summed E-state index contributed by atoms with van der Waals surface area (Å²) >= 11 is 5.00. The minimum Gasteiger partial charge on any atom is -0.383 e. The Labute approximate surface area is 87.8 Å². The van der Waals surface area contributed by atoms with Crippen LogP contribution >= 0.6 is 12.2 Å². The van der Waals surface area contributed by atoms with E-state index in [9.17, 15) is 0 Å². The molecule has 0 aromatic carbocycles. The molecule has 0 fully saturated rings. The summed E-state index contributed by atoms with van der Waals surface area (Å²) in [5.74, 6) is 1.35. The van der Waals surface area contributed by atoms with Gasteiger partial charge in [-0.25, -0.2) is 0 Å². The average Bonchev–Trinajstić information content (AvgIpc) is 2.52. The molecule has 0 unspecified atom stereocenters. The minimum atomic E-state index is 0.510. The molecule has 0 atom stereocenters. The number of ether oxygens (including phenoxy) is 1. The molecule has 1 aromatic heterocycles. The Kier molecular flexibility index (Phi) is 4.34. The fraction of sp³-hybridized carbons (Fsp3) is 0.500. The maximum atomic E-state index is 5.00. The van der Waals surface area contributed by atoms with Crippen molar-refractivity contribution in [1.82, 2.24) is 10.5 Å². The van der Waals surface area contributed by atoms with Crippen LogP contribution in [0.15, 0.2) is 10.6 Å². The highest BCUT2D eigenvalue weighted by Crippen LogP contribution is 2.06. The quantitative estimate of drug-likeness (QED) is 0.575. The predicted molar refractivity (Wildman–Crippen MR) is 57.3 cm³/mol. The molecule has 6 heteroatoms. The average molecular weight is 215 g/mol. The number of aryl methyl sites for hydroxylation is 1. The third-order valence-corrected chi connectivity index (χ3v) is 1.71. The SMILES string of the molecule is COCCNC(=S)Nc1cc(C)on1. The topological polar surface area (TPSA) is 59.3 Å². The summed E-state index contributed by atoms with van der Waals surface area (Å²) in [5.41, 5.74) is 0. The number of rotatable bonds is 4. The first-order chi connectivity index (χ1) is 6.72. The summed E-state index contributed by atoms with van der Waals surface area (Å²) in [4.78, 5) is 0. The highest BCUT2D eigenvalue weighted by Gasteiger charge is 2.01. The van der Waals surface area contributed by atoms with Crippen LogP contribution in [0.25, 0.3) is 0 Å². The van der Waals surface area contributed by atoms with Gasteiger partial charge < -0.3 is 19.9 Å². The van der Waals surface area contributed by atoms with Crippen molar-refractivity contribution in [3.63, 3.8) is 0 Å². The van der Waals surface area contributed by atoms with Crippen molar-refractivity contribution in [2.75, 3.05) is 25.6 Å². The smallest absolute Gasteiger partial charge is 0.175 e. The van der Waals surface area contributed by atoms with Crippen LogP contribution in [0.2, 0.25) is 0 Å². The van der Waals surface area contributed by atoms with Gasteiger partial charge in [0.25, 0.3) is 0 Å². The fourth-order valence-corrected chi connectivity index (χ4v) is 1.06.